The van der Waals surface area contributed by atoms with Gasteiger partial charge in [-0.2, -0.15) is 0 Å². The van der Waals surface area contributed by atoms with Gasteiger partial charge in [0, 0.05) is 38.1 Å². The van der Waals surface area contributed by atoms with E-state index in [2.05, 4.69) is 29.0 Å². The van der Waals surface area contributed by atoms with E-state index in [0.717, 1.165) is 39.0 Å². The molecular formula is C16H28N4O. The summed E-state index contributed by atoms with van der Waals surface area (Å²) >= 11 is 0. The average molecular weight is 292 g/mol. The Labute approximate surface area is 127 Å². The first-order chi connectivity index (χ1) is 10.3. The molecule has 5 heteroatoms. The fourth-order valence-corrected chi connectivity index (χ4v) is 2.97. The second-order valence-electron chi connectivity index (χ2n) is 5.84. The lowest BCUT2D eigenvalue weighted by molar-refractivity contribution is 0.398. The Morgan fingerprint density at radius 2 is 2.24 bits per heavy atom. The molecular weight excluding hydrogens is 264 g/mol. The molecule has 0 aromatic carbocycles. The fourth-order valence-electron chi connectivity index (χ4n) is 2.97. The molecule has 0 radical (unpaired) electrons. The second-order valence-corrected chi connectivity index (χ2v) is 5.84. The van der Waals surface area contributed by atoms with Gasteiger partial charge in [-0.3, -0.25) is 4.79 Å². The number of rotatable bonds is 7. The van der Waals surface area contributed by atoms with Gasteiger partial charge in [0.05, 0.1) is 0 Å². The van der Waals surface area contributed by atoms with Crippen molar-refractivity contribution in [2.75, 3.05) is 24.5 Å². The molecule has 1 unspecified atom stereocenters. The van der Waals surface area contributed by atoms with Gasteiger partial charge in [-0.1, -0.05) is 20.3 Å². The number of anilines is 1. The van der Waals surface area contributed by atoms with E-state index in [9.17, 15) is 4.79 Å². The number of nitrogens with zero attached hydrogens (tertiary/aromatic N) is 3. The first-order valence-electron chi connectivity index (χ1n) is 8.30. The summed E-state index contributed by atoms with van der Waals surface area (Å²) in [5.74, 6) is 0.611. The van der Waals surface area contributed by atoms with E-state index < -0.39 is 0 Å². The van der Waals surface area contributed by atoms with E-state index in [4.69, 9.17) is 0 Å². The summed E-state index contributed by atoms with van der Waals surface area (Å²) in [6, 6.07) is 0.478. The van der Waals surface area contributed by atoms with Crippen LogP contribution in [0.2, 0.25) is 0 Å². The minimum atomic E-state index is 0.0450. The van der Waals surface area contributed by atoms with Gasteiger partial charge in [-0.15, -0.1) is 0 Å². The highest BCUT2D eigenvalue weighted by molar-refractivity contribution is 5.36. The highest BCUT2D eigenvalue weighted by Gasteiger charge is 2.19. The maximum absolute atomic E-state index is 12.6. The van der Waals surface area contributed by atoms with Crippen LogP contribution < -0.4 is 15.8 Å². The van der Waals surface area contributed by atoms with Crippen LogP contribution in [0.25, 0.3) is 0 Å². The van der Waals surface area contributed by atoms with Gasteiger partial charge in [-0.05, 0) is 32.2 Å². The average Bonchev–Trinajstić information content (AvgIpc) is 2.50. The minimum Gasteiger partial charge on any atom is -0.350 e. The van der Waals surface area contributed by atoms with Gasteiger partial charge in [-0.25, -0.2) is 4.98 Å². The van der Waals surface area contributed by atoms with Gasteiger partial charge in [0.1, 0.15) is 0 Å². The zero-order valence-electron chi connectivity index (χ0n) is 13.3. The number of aromatic nitrogens is 2. The van der Waals surface area contributed by atoms with Crippen LogP contribution in [0.3, 0.4) is 0 Å². The van der Waals surface area contributed by atoms with Crippen molar-refractivity contribution in [3.8, 4) is 0 Å². The Kier molecular flexibility index (Phi) is 6.23. The summed E-state index contributed by atoms with van der Waals surface area (Å²) in [6.07, 6.45) is 9.26. The number of hydrogen-bond donors (Lipinski definition) is 1. The molecule has 0 spiro atoms. The molecule has 1 N–H and O–H groups in total. The summed E-state index contributed by atoms with van der Waals surface area (Å²) in [4.78, 5) is 19.1. The Morgan fingerprint density at radius 1 is 1.38 bits per heavy atom. The molecule has 0 amide bonds. The topological polar surface area (TPSA) is 50.2 Å². The van der Waals surface area contributed by atoms with Crippen molar-refractivity contribution in [1.82, 2.24) is 14.9 Å². The van der Waals surface area contributed by atoms with E-state index in [1.807, 2.05) is 0 Å². The van der Waals surface area contributed by atoms with Crippen LogP contribution in [0.4, 0.5) is 5.82 Å². The van der Waals surface area contributed by atoms with Crippen molar-refractivity contribution in [2.24, 2.45) is 0 Å². The molecule has 0 bridgehead atoms. The third kappa shape index (κ3) is 4.30. The van der Waals surface area contributed by atoms with Crippen molar-refractivity contribution in [3.05, 3.63) is 22.7 Å². The van der Waals surface area contributed by atoms with Gasteiger partial charge in [0.2, 0.25) is 0 Å². The fraction of sp³-hybridized carbons (Fsp3) is 0.750. The van der Waals surface area contributed by atoms with Crippen LogP contribution in [0, 0.1) is 0 Å². The molecule has 1 saturated heterocycles. The maximum atomic E-state index is 12.6. The van der Waals surface area contributed by atoms with Gasteiger partial charge in [0.15, 0.2) is 5.82 Å². The first-order valence-corrected chi connectivity index (χ1v) is 8.30. The number of aryl methyl sites for hydroxylation is 1. The summed E-state index contributed by atoms with van der Waals surface area (Å²) in [5, 5.41) is 3.56. The molecule has 1 atom stereocenters. The standard InChI is InChI=1S/C16H28N4O/c1-3-10-19-12-9-18-15(16(19)21)20(11-4-2)13-14-7-5-6-8-17-14/h9,12,14,17H,3-8,10-11,13H2,1-2H3. The Balaban J connectivity index is 2.16. The van der Waals surface area contributed by atoms with E-state index >= 15 is 0 Å². The minimum absolute atomic E-state index is 0.0450. The normalized spacial score (nSPS) is 18.7. The van der Waals surface area contributed by atoms with Crippen LogP contribution in [0.1, 0.15) is 46.0 Å². The number of piperidine rings is 1. The summed E-state index contributed by atoms with van der Waals surface area (Å²) in [5.41, 5.74) is 0.0450. The van der Waals surface area contributed by atoms with Crippen LogP contribution in [0.15, 0.2) is 17.2 Å². The Bertz CT molecular complexity index is 479. The van der Waals surface area contributed by atoms with Crippen LogP contribution in [-0.2, 0) is 6.54 Å². The molecule has 0 saturated carbocycles. The summed E-state index contributed by atoms with van der Waals surface area (Å²) in [6.45, 7) is 7.85. The first kappa shape index (κ1) is 16.0. The molecule has 21 heavy (non-hydrogen) atoms. The monoisotopic (exact) mass is 292 g/mol. The van der Waals surface area contributed by atoms with E-state index in [1.165, 1.54) is 19.3 Å². The molecule has 118 valence electrons. The lowest BCUT2D eigenvalue weighted by atomic mass is 10.0. The van der Waals surface area contributed by atoms with Crippen molar-refractivity contribution in [1.29, 1.82) is 0 Å². The molecule has 2 rings (SSSR count). The Hall–Kier alpha value is -1.36. The van der Waals surface area contributed by atoms with Crippen LogP contribution >= 0.6 is 0 Å². The van der Waals surface area contributed by atoms with E-state index in [-0.39, 0.29) is 5.56 Å². The van der Waals surface area contributed by atoms with Crippen LogP contribution in [0.5, 0.6) is 0 Å². The zero-order chi connectivity index (χ0) is 15.1. The third-order valence-corrected chi connectivity index (χ3v) is 4.01. The van der Waals surface area contributed by atoms with Gasteiger partial charge in [0.25, 0.3) is 5.56 Å². The molecule has 1 aliphatic rings. The molecule has 0 aliphatic carbocycles. The summed E-state index contributed by atoms with van der Waals surface area (Å²) < 4.78 is 1.78. The maximum Gasteiger partial charge on any atom is 0.293 e. The lowest BCUT2D eigenvalue weighted by Crippen LogP contribution is -2.46. The van der Waals surface area contributed by atoms with Crippen molar-refractivity contribution in [2.45, 2.75) is 58.5 Å². The highest BCUT2D eigenvalue weighted by atomic mass is 16.1. The third-order valence-electron chi connectivity index (χ3n) is 4.01. The quantitative estimate of drug-likeness (QED) is 0.835. The smallest absolute Gasteiger partial charge is 0.293 e. The molecule has 1 aromatic rings. The zero-order valence-corrected chi connectivity index (χ0v) is 13.3. The molecule has 1 aromatic heterocycles. The number of nitrogens with one attached hydrogen (secondary N) is 1. The molecule has 5 nitrogen and oxygen atoms in total. The van der Waals surface area contributed by atoms with Crippen molar-refractivity contribution < 1.29 is 0 Å². The van der Waals surface area contributed by atoms with Gasteiger partial charge >= 0.3 is 0 Å². The predicted molar refractivity (Wildman–Crippen MR) is 86.9 cm³/mol. The second kappa shape index (κ2) is 8.17. The lowest BCUT2D eigenvalue weighted by Gasteiger charge is -2.31. The molecule has 1 aliphatic heterocycles. The highest BCUT2D eigenvalue weighted by Crippen LogP contribution is 2.12. The number of hydrogen-bond acceptors (Lipinski definition) is 4. The Morgan fingerprint density at radius 3 is 2.90 bits per heavy atom. The largest absolute Gasteiger partial charge is 0.350 e. The van der Waals surface area contributed by atoms with E-state index in [1.54, 1.807) is 17.0 Å². The van der Waals surface area contributed by atoms with Crippen molar-refractivity contribution in [3.63, 3.8) is 0 Å². The summed E-state index contributed by atoms with van der Waals surface area (Å²) in [7, 11) is 0. The van der Waals surface area contributed by atoms with Gasteiger partial charge < -0.3 is 14.8 Å². The molecule has 1 fully saturated rings. The predicted octanol–water partition coefficient (Wildman–Crippen LogP) is 2.01. The van der Waals surface area contributed by atoms with Crippen molar-refractivity contribution >= 4 is 5.82 Å². The SMILES string of the molecule is CCCN(CC1CCCCN1)c1nccn(CCC)c1=O. The van der Waals surface area contributed by atoms with Crippen LogP contribution in [-0.4, -0.2) is 35.2 Å². The molecule has 2 heterocycles. The van der Waals surface area contributed by atoms with E-state index in [0.29, 0.717) is 11.9 Å².